The van der Waals surface area contributed by atoms with Crippen LogP contribution < -0.4 is 5.73 Å². The highest BCUT2D eigenvalue weighted by atomic mass is 31.2. The van der Waals surface area contributed by atoms with Gasteiger partial charge in [-0.2, -0.15) is 0 Å². The highest BCUT2D eigenvalue weighted by molar-refractivity contribution is 7.72. The Bertz CT molecular complexity index is 321. The summed E-state index contributed by atoms with van der Waals surface area (Å²) in [5, 5.41) is 13.3. The number of hydrogen-bond donors (Lipinski definition) is 5. The van der Waals surface area contributed by atoms with Gasteiger partial charge in [0.1, 0.15) is 0 Å². The molecule has 0 aliphatic rings. The van der Waals surface area contributed by atoms with Crippen molar-refractivity contribution in [3.05, 3.63) is 0 Å². The molecule has 0 aliphatic carbocycles. The monoisotopic (exact) mass is 325 g/mol. The normalized spacial score (nSPS) is 20.7. The molecule has 6 N–H and O–H groups in total. The first-order valence-corrected chi connectivity index (χ1v) is 8.23. The van der Waals surface area contributed by atoms with Gasteiger partial charge < -0.3 is 20.3 Å². The zero-order valence-corrected chi connectivity index (χ0v) is 12.9. The third-order valence-corrected chi connectivity index (χ3v) is 5.94. The maximum absolute atomic E-state index is 11.2. The van der Waals surface area contributed by atoms with Gasteiger partial charge in [-0.3, -0.25) is 9.13 Å². The Kier molecular flexibility index (Phi) is 9.51. The lowest BCUT2D eigenvalue weighted by Gasteiger charge is -2.31. The second-order valence-electron chi connectivity index (χ2n) is 4.18. The summed E-state index contributed by atoms with van der Waals surface area (Å²) in [7, 11) is -10.2. The van der Waals surface area contributed by atoms with Crippen LogP contribution in [0.25, 0.3) is 0 Å². The first kappa shape index (κ1) is 21.4. The van der Waals surface area contributed by atoms with E-state index < -0.39 is 27.0 Å². The van der Waals surface area contributed by atoms with Gasteiger partial charge in [0, 0.05) is 0 Å². The third kappa shape index (κ3) is 5.97. The van der Waals surface area contributed by atoms with Crippen LogP contribution in [0.1, 0.15) is 27.7 Å². The van der Waals surface area contributed by atoms with Crippen molar-refractivity contribution < 1.29 is 43.5 Å². The average Bonchev–Trinajstić information content (AvgIpc) is 2.28. The van der Waals surface area contributed by atoms with Gasteiger partial charge in [0.2, 0.25) is 0 Å². The van der Waals surface area contributed by atoms with E-state index in [0.717, 1.165) is 5.92 Å². The molecular formula is C7H21NO9P2. The fourth-order valence-corrected chi connectivity index (χ4v) is 2.91. The molecule has 0 heterocycles. The van der Waals surface area contributed by atoms with Gasteiger partial charge >= 0.3 is 15.2 Å². The summed E-state index contributed by atoms with van der Waals surface area (Å²) in [5.41, 5.74) is 4.86. The summed E-state index contributed by atoms with van der Waals surface area (Å²) in [6.07, 6.45) is 0. The van der Waals surface area contributed by atoms with Gasteiger partial charge in [-0.15, -0.1) is 9.35 Å². The number of rotatable bonds is 6. The number of ether oxygens (including phenoxy) is 1. The first-order valence-electron chi connectivity index (χ1n) is 5.08. The minimum atomic E-state index is -5.09. The van der Waals surface area contributed by atoms with Gasteiger partial charge in [0.25, 0.3) is 5.08 Å². The van der Waals surface area contributed by atoms with Crippen LogP contribution in [-0.2, 0) is 23.2 Å². The summed E-state index contributed by atoms with van der Waals surface area (Å²) < 4.78 is 33.0. The zero-order valence-electron chi connectivity index (χ0n) is 11.1. The number of hydrogen-bond acceptors (Lipinski definition) is 8. The quantitative estimate of drug-likeness (QED) is 0.209. The molecule has 2 atom stereocenters. The van der Waals surface area contributed by atoms with Crippen molar-refractivity contribution in [2.75, 3.05) is 6.73 Å². The molecule has 0 aromatic heterocycles. The van der Waals surface area contributed by atoms with E-state index in [1.165, 1.54) is 0 Å². The van der Waals surface area contributed by atoms with E-state index in [2.05, 4.69) is 34.9 Å². The maximum Gasteiger partial charge on any atom is 0.398 e. The van der Waals surface area contributed by atoms with Crippen LogP contribution in [0, 0.1) is 5.92 Å². The van der Waals surface area contributed by atoms with Crippen molar-refractivity contribution in [3.63, 3.8) is 0 Å². The van der Waals surface area contributed by atoms with E-state index in [1.807, 2.05) is 0 Å². The topological polar surface area (TPSA) is 169 Å². The van der Waals surface area contributed by atoms with E-state index in [4.69, 9.17) is 26.0 Å². The molecule has 118 valence electrons. The Morgan fingerprint density at radius 3 is 1.53 bits per heavy atom. The molecule has 2 unspecified atom stereocenters. The summed E-state index contributed by atoms with van der Waals surface area (Å²) in [4.78, 5) is 18.0. The van der Waals surface area contributed by atoms with Crippen LogP contribution in [0.2, 0.25) is 0 Å². The Balaban J connectivity index is 0. The molecule has 0 saturated heterocycles. The molecule has 0 rings (SSSR count). The van der Waals surface area contributed by atoms with Gasteiger partial charge in [-0.05, 0) is 12.8 Å². The molecular weight excluding hydrogens is 304 g/mol. The van der Waals surface area contributed by atoms with Crippen molar-refractivity contribution in [3.8, 4) is 0 Å². The van der Waals surface area contributed by atoms with Crippen LogP contribution >= 0.6 is 15.2 Å². The second-order valence-corrected chi connectivity index (χ2v) is 8.65. The van der Waals surface area contributed by atoms with Crippen LogP contribution in [0.3, 0.4) is 0 Å². The maximum atomic E-state index is 11.2. The van der Waals surface area contributed by atoms with Crippen molar-refractivity contribution in [1.29, 1.82) is 0 Å². The second kappa shape index (κ2) is 8.43. The molecule has 0 spiro atoms. The predicted molar refractivity (Wildman–Crippen MR) is 66.1 cm³/mol. The Labute approximate surface area is 111 Å². The van der Waals surface area contributed by atoms with Gasteiger partial charge in [0.15, 0.2) is 0 Å². The zero-order chi connectivity index (χ0) is 15.9. The van der Waals surface area contributed by atoms with Crippen molar-refractivity contribution in [2.45, 2.75) is 32.8 Å². The van der Waals surface area contributed by atoms with Gasteiger partial charge in [0.05, 0.1) is 6.73 Å². The van der Waals surface area contributed by atoms with Crippen molar-refractivity contribution in [1.82, 2.24) is 0 Å². The van der Waals surface area contributed by atoms with Crippen molar-refractivity contribution >= 4 is 15.2 Å². The highest BCUT2D eigenvalue weighted by Crippen LogP contribution is 2.73. The van der Waals surface area contributed by atoms with Crippen LogP contribution in [0.5, 0.6) is 0 Å². The Morgan fingerprint density at radius 2 is 1.37 bits per heavy atom. The van der Waals surface area contributed by atoms with E-state index >= 15 is 0 Å². The molecule has 0 fully saturated rings. The van der Waals surface area contributed by atoms with E-state index in [-0.39, 0.29) is 0 Å². The van der Waals surface area contributed by atoms with E-state index in [9.17, 15) is 9.13 Å². The predicted octanol–water partition coefficient (Wildman–Crippen LogP) is 1.61. The van der Waals surface area contributed by atoms with Crippen LogP contribution in [0.15, 0.2) is 0 Å². The molecule has 0 bridgehead atoms. The molecule has 10 nitrogen and oxygen atoms in total. The SMILES string of the molecule is CC(C)C.CC(OCN)(P(=O)(O)OO)P(=O)(O)OO. The Hall–Kier alpha value is 0.140. The summed E-state index contributed by atoms with van der Waals surface area (Å²) in [5.74, 6) is 0.833. The smallest absolute Gasteiger partial charge is 0.336 e. The largest absolute Gasteiger partial charge is 0.398 e. The fraction of sp³-hybridized carbons (Fsp3) is 1.00. The molecule has 0 amide bonds. The van der Waals surface area contributed by atoms with Gasteiger partial charge in [-0.1, -0.05) is 20.8 Å². The Morgan fingerprint density at radius 1 is 1.11 bits per heavy atom. The molecule has 0 aromatic rings. The molecule has 0 radical (unpaired) electrons. The lowest BCUT2D eigenvalue weighted by atomic mass is 10.3. The lowest BCUT2D eigenvalue weighted by molar-refractivity contribution is -0.169. The molecule has 0 aliphatic heterocycles. The first-order chi connectivity index (χ1) is 8.41. The van der Waals surface area contributed by atoms with Crippen LogP contribution in [0.4, 0.5) is 0 Å². The van der Waals surface area contributed by atoms with Crippen LogP contribution in [-0.4, -0.2) is 32.1 Å². The summed E-state index contributed by atoms with van der Waals surface area (Å²) in [6.45, 7) is 6.35. The van der Waals surface area contributed by atoms with Crippen molar-refractivity contribution in [2.24, 2.45) is 11.7 Å². The lowest BCUT2D eigenvalue weighted by Crippen LogP contribution is -2.32. The standard InChI is InChI=1S/C4H10.C3H11NO9P2/c1-4(2)3;1-3(11-2-4,14(7,8)12-5)15(9,10)13-6/h4H,1-3H3;5-6H,2,4H2,1H3,(H,7,8)(H,9,10). The minimum Gasteiger partial charge on any atom is -0.336 e. The molecule has 0 aromatic carbocycles. The third-order valence-electron chi connectivity index (χ3n) is 1.63. The van der Waals surface area contributed by atoms with Gasteiger partial charge in [-0.25, -0.2) is 10.5 Å². The highest BCUT2D eigenvalue weighted by Gasteiger charge is 2.62. The summed E-state index contributed by atoms with van der Waals surface area (Å²) in [6, 6.07) is 0. The average molecular weight is 325 g/mol. The van der Waals surface area contributed by atoms with E-state index in [1.54, 1.807) is 0 Å². The summed E-state index contributed by atoms with van der Waals surface area (Å²) >= 11 is 0. The minimum absolute atomic E-state index is 0.605. The molecule has 19 heavy (non-hydrogen) atoms. The van der Waals surface area contributed by atoms with E-state index in [0.29, 0.717) is 6.92 Å². The fourth-order valence-electron chi connectivity index (χ4n) is 0.632. The molecule has 0 saturated carbocycles. The number of nitrogens with two attached hydrogens (primary N) is 1. The molecule has 12 heteroatoms.